The molecule has 0 saturated carbocycles. The van der Waals surface area contributed by atoms with E-state index < -0.39 is 0 Å². The van der Waals surface area contributed by atoms with E-state index >= 15 is 0 Å². The van der Waals surface area contributed by atoms with E-state index in [1.165, 1.54) is 11.1 Å². The summed E-state index contributed by atoms with van der Waals surface area (Å²) in [6.07, 6.45) is 3.53. The zero-order valence-corrected chi connectivity index (χ0v) is 22.6. The van der Waals surface area contributed by atoms with Crippen LogP contribution in [-0.2, 0) is 17.7 Å². The maximum absolute atomic E-state index is 12.6. The minimum atomic E-state index is -0.376. The van der Waals surface area contributed by atoms with E-state index in [4.69, 9.17) is 4.74 Å². The molecule has 1 fully saturated rings. The second-order valence-corrected chi connectivity index (χ2v) is 9.98. The number of nitrogens with zero attached hydrogens (tertiary/aromatic N) is 1. The molecule has 3 aromatic rings. The highest BCUT2D eigenvalue weighted by Crippen LogP contribution is 2.28. The number of nitrogens with one attached hydrogen (secondary N) is 3. The molecule has 0 unspecified atom stereocenters. The highest BCUT2D eigenvalue weighted by atomic mass is 16.6. The summed E-state index contributed by atoms with van der Waals surface area (Å²) in [6.45, 7) is 9.08. The molecule has 202 valence electrons. The van der Waals surface area contributed by atoms with Crippen molar-refractivity contribution in [3.8, 4) is 11.1 Å². The number of anilines is 1. The zero-order chi connectivity index (χ0) is 26.4. The van der Waals surface area contributed by atoms with Crippen LogP contribution in [0, 0.1) is 0 Å². The molecule has 1 saturated heterocycles. The summed E-state index contributed by atoms with van der Waals surface area (Å²) in [6, 6.07) is 26.9. The molecule has 1 heterocycles. The molecule has 38 heavy (non-hydrogen) atoms. The highest BCUT2D eigenvalue weighted by molar-refractivity contribution is 5.91. The number of carbonyl (C=O) groups excluding carboxylic acids is 1. The van der Waals surface area contributed by atoms with Crippen molar-refractivity contribution < 1.29 is 9.53 Å². The van der Waals surface area contributed by atoms with Crippen LogP contribution in [0.15, 0.2) is 78.9 Å². The van der Waals surface area contributed by atoms with E-state index in [2.05, 4.69) is 52.0 Å². The van der Waals surface area contributed by atoms with Crippen LogP contribution in [0.2, 0.25) is 0 Å². The first-order valence-electron chi connectivity index (χ1n) is 14.0. The normalized spacial score (nSPS) is 14.3. The van der Waals surface area contributed by atoms with Crippen LogP contribution in [0.1, 0.15) is 37.3 Å². The van der Waals surface area contributed by atoms with Gasteiger partial charge in [-0.2, -0.15) is 0 Å². The number of hydrogen-bond acceptors (Lipinski definition) is 5. The predicted molar refractivity (Wildman–Crippen MR) is 156 cm³/mol. The molecule has 3 aromatic carbocycles. The predicted octanol–water partition coefficient (Wildman–Crippen LogP) is 5.70. The van der Waals surface area contributed by atoms with Crippen molar-refractivity contribution in [2.24, 2.45) is 0 Å². The van der Waals surface area contributed by atoms with E-state index in [1.807, 2.05) is 54.6 Å². The summed E-state index contributed by atoms with van der Waals surface area (Å²) in [5.41, 5.74) is 5.55. The average Bonchev–Trinajstić information content (AvgIpc) is 2.95. The Kier molecular flexibility index (Phi) is 11.2. The quantitative estimate of drug-likeness (QED) is 0.256. The first-order chi connectivity index (χ1) is 18.7. The number of likely N-dealkylation sites (tertiary alicyclic amines) is 1. The summed E-state index contributed by atoms with van der Waals surface area (Å²) in [5, 5.41) is 9.98. The van der Waals surface area contributed by atoms with Gasteiger partial charge in [-0.05, 0) is 61.5 Å². The van der Waals surface area contributed by atoms with Gasteiger partial charge in [0.15, 0.2) is 0 Å². The van der Waals surface area contributed by atoms with E-state index in [9.17, 15) is 4.79 Å². The number of ether oxygens (including phenoxy) is 1. The van der Waals surface area contributed by atoms with Crippen molar-refractivity contribution in [1.82, 2.24) is 15.5 Å². The number of amides is 1. The Hall–Kier alpha value is -3.19. The molecule has 1 aliphatic heterocycles. The second-order valence-electron chi connectivity index (χ2n) is 9.98. The third-order valence-corrected chi connectivity index (χ3v) is 7.03. The largest absolute Gasteiger partial charge is 0.446 e. The lowest BCUT2D eigenvalue weighted by molar-refractivity contribution is 0.0593. The number of hydrogen-bond donors (Lipinski definition) is 3. The monoisotopic (exact) mass is 514 g/mol. The van der Waals surface area contributed by atoms with Gasteiger partial charge in [-0.3, -0.25) is 5.32 Å². The Balaban J connectivity index is 1.10. The van der Waals surface area contributed by atoms with E-state index in [0.29, 0.717) is 0 Å². The van der Waals surface area contributed by atoms with Crippen LogP contribution in [0.25, 0.3) is 11.1 Å². The SMILES string of the molecule is CCCNCc1ccc(CCNCCN2CCC(OC(=O)Nc3ccccc3-c3ccccc3)CC2)cc1. The molecular formula is C32H42N4O2. The van der Waals surface area contributed by atoms with Gasteiger partial charge in [-0.25, -0.2) is 4.79 Å². The topological polar surface area (TPSA) is 65.6 Å². The lowest BCUT2D eigenvalue weighted by Crippen LogP contribution is -2.41. The van der Waals surface area contributed by atoms with Crippen LogP contribution in [0.4, 0.5) is 10.5 Å². The van der Waals surface area contributed by atoms with E-state index in [0.717, 1.165) is 88.3 Å². The van der Waals surface area contributed by atoms with Gasteiger partial charge in [0, 0.05) is 38.3 Å². The van der Waals surface area contributed by atoms with E-state index in [1.54, 1.807) is 0 Å². The molecule has 4 rings (SSSR count). The van der Waals surface area contributed by atoms with Gasteiger partial charge in [-0.1, -0.05) is 79.7 Å². The van der Waals surface area contributed by atoms with Gasteiger partial charge in [-0.15, -0.1) is 0 Å². The molecule has 6 nitrogen and oxygen atoms in total. The minimum absolute atomic E-state index is 0.0387. The van der Waals surface area contributed by atoms with Gasteiger partial charge < -0.3 is 20.3 Å². The van der Waals surface area contributed by atoms with Crippen LogP contribution in [0.3, 0.4) is 0 Å². The third kappa shape index (κ3) is 8.98. The molecule has 0 aliphatic carbocycles. The molecular weight excluding hydrogens is 472 g/mol. The van der Waals surface area contributed by atoms with Crippen LogP contribution in [-0.4, -0.2) is 56.4 Å². The Bertz CT molecular complexity index is 1100. The number of para-hydroxylation sites is 1. The Morgan fingerprint density at radius 2 is 1.55 bits per heavy atom. The lowest BCUT2D eigenvalue weighted by atomic mass is 10.0. The molecule has 6 heteroatoms. The van der Waals surface area contributed by atoms with Crippen molar-refractivity contribution in [1.29, 1.82) is 0 Å². The summed E-state index contributed by atoms with van der Waals surface area (Å²) in [7, 11) is 0. The number of benzene rings is 3. The third-order valence-electron chi connectivity index (χ3n) is 7.03. The van der Waals surface area contributed by atoms with Gasteiger partial charge in [0.2, 0.25) is 0 Å². The highest BCUT2D eigenvalue weighted by Gasteiger charge is 2.22. The van der Waals surface area contributed by atoms with Crippen molar-refractivity contribution in [2.45, 2.75) is 45.3 Å². The van der Waals surface area contributed by atoms with Crippen LogP contribution < -0.4 is 16.0 Å². The first kappa shape index (κ1) is 27.8. The summed E-state index contributed by atoms with van der Waals surface area (Å²) in [4.78, 5) is 15.1. The standard InChI is InChI=1S/C32H42N4O2/c1-2-19-34-25-27-14-12-26(13-15-27)16-20-33-21-24-36-22-17-29(18-23-36)38-32(37)35-31-11-7-6-10-30(31)28-8-4-3-5-9-28/h3-15,29,33-34H,2,16-25H2,1H3,(H,35,37). The molecule has 0 spiro atoms. The Morgan fingerprint density at radius 3 is 2.32 bits per heavy atom. The molecule has 0 radical (unpaired) electrons. The second kappa shape index (κ2) is 15.3. The number of carbonyl (C=O) groups is 1. The van der Waals surface area contributed by atoms with Gasteiger partial charge in [0.1, 0.15) is 6.10 Å². The summed E-state index contributed by atoms with van der Waals surface area (Å²) >= 11 is 0. The molecule has 0 atom stereocenters. The maximum Gasteiger partial charge on any atom is 0.411 e. The molecule has 3 N–H and O–H groups in total. The van der Waals surface area contributed by atoms with Crippen molar-refractivity contribution in [3.05, 3.63) is 90.0 Å². The Morgan fingerprint density at radius 1 is 0.842 bits per heavy atom. The van der Waals surface area contributed by atoms with Crippen LogP contribution >= 0.6 is 0 Å². The number of piperidine rings is 1. The van der Waals surface area contributed by atoms with Crippen LogP contribution in [0.5, 0.6) is 0 Å². The van der Waals surface area contributed by atoms with Gasteiger partial charge >= 0.3 is 6.09 Å². The number of rotatable bonds is 13. The van der Waals surface area contributed by atoms with Crippen molar-refractivity contribution >= 4 is 11.8 Å². The summed E-state index contributed by atoms with van der Waals surface area (Å²) < 4.78 is 5.77. The molecule has 0 aromatic heterocycles. The van der Waals surface area contributed by atoms with Gasteiger partial charge in [0.25, 0.3) is 0 Å². The lowest BCUT2D eigenvalue weighted by Gasteiger charge is -2.31. The average molecular weight is 515 g/mol. The van der Waals surface area contributed by atoms with E-state index in [-0.39, 0.29) is 12.2 Å². The molecule has 0 bridgehead atoms. The first-order valence-corrected chi connectivity index (χ1v) is 14.0. The van der Waals surface area contributed by atoms with Gasteiger partial charge in [0.05, 0.1) is 5.69 Å². The van der Waals surface area contributed by atoms with Crippen molar-refractivity contribution in [2.75, 3.05) is 44.6 Å². The Labute approximate surface area is 227 Å². The zero-order valence-electron chi connectivity index (χ0n) is 22.6. The molecule has 1 amide bonds. The van der Waals surface area contributed by atoms with Crippen molar-refractivity contribution in [3.63, 3.8) is 0 Å². The fourth-order valence-corrected chi connectivity index (χ4v) is 4.83. The summed E-state index contributed by atoms with van der Waals surface area (Å²) in [5.74, 6) is 0. The smallest absolute Gasteiger partial charge is 0.411 e. The fourth-order valence-electron chi connectivity index (χ4n) is 4.83. The fraction of sp³-hybridized carbons (Fsp3) is 0.406. The maximum atomic E-state index is 12.6. The molecule has 1 aliphatic rings. The minimum Gasteiger partial charge on any atom is -0.446 e.